The lowest BCUT2D eigenvalue weighted by Crippen LogP contribution is -2.51. The maximum Gasteiger partial charge on any atom is 0.248 e. The lowest BCUT2D eigenvalue weighted by molar-refractivity contribution is -0.142. The van der Waals surface area contributed by atoms with Gasteiger partial charge in [-0.1, -0.05) is 0 Å². The summed E-state index contributed by atoms with van der Waals surface area (Å²) in [6.07, 6.45) is 3.73. The molecule has 1 N–H and O–H groups in total. The van der Waals surface area contributed by atoms with Crippen LogP contribution in [0.2, 0.25) is 0 Å². The Bertz CT molecular complexity index is 510. The molecule has 5 nitrogen and oxygen atoms in total. The molecule has 0 aromatic carbocycles. The van der Waals surface area contributed by atoms with Crippen LogP contribution in [0.25, 0.3) is 0 Å². The number of nitrogens with zero attached hydrogens (tertiary/aromatic N) is 3. The van der Waals surface area contributed by atoms with Crippen molar-refractivity contribution in [2.24, 2.45) is 5.92 Å². The molecule has 1 saturated heterocycles. The number of nitrogens with one attached hydrogen (secondary N) is 1. The molecule has 1 aromatic heterocycles. The molecule has 1 aliphatic heterocycles. The molecule has 1 aliphatic carbocycles. The zero-order valence-corrected chi connectivity index (χ0v) is 12.8. The largest absolute Gasteiger partial charge is 0.347 e. The van der Waals surface area contributed by atoms with Crippen LogP contribution in [0.5, 0.6) is 0 Å². The molecule has 2 aliphatic rings. The molecule has 0 spiro atoms. The van der Waals surface area contributed by atoms with Gasteiger partial charge in [0.15, 0.2) is 0 Å². The van der Waals surface area contributed by atoms with E-state index in [9.17, 15) is 13.6 Å². The van der Waals surface area contributed by atoms with E-state index in [0.717, 1.165) is 12.4 Å². The Labute approximate surface area is 128 Å². The molecular weight excluding hydrogens is 290 g/mol. The highest BCUT2D eigenvalue weighted by molar-refractivity contribution is 5.79. The van der Waals surface area contributed by atoms with E-state index in [-0.39, 0.29) is 30.7 Å². The van der Waals surface area contributed by atoms with Crippen LogP contribution < -0.4 is 0 Å². The zero-order chi connectivity index (χ0) is 15.7. The fourth-order valence-corrected chi connectivity index (χ4v) is 3.37. The number of alkyl halides is 2. The normalized spacial score (nSPS) is 27.0. The van der Waals surface area contributed by atoms with Crippen LogP contribution in [0.1, 0.15) is 37.5 Å². The lowest BCUT2D eigenvalue weighted by Gasteiger charge is -2.40. The Morgan fingerprint density at radius 1 is 1.36 bits per heavy atom. The first-order valence-electron chi connectivity index (χ1n) is 7.82. The number of carbonyl (C=O) groups is 1. The fourth-order valence-electron chi connectivity index (χ4n) is 3.37. The van der Waals surface area contributed by atoms with Crippen LogP contribution in [-0.2, 0) is 4.79 Å². The second kappa shape index (κ2) is 5.95. The molecule has 7 heteroatoms. The van der Waals surface area contributed by atoms with Crippen LogP contribution in [0.15, 0.2) is 12.4 Å². The zero-order valence-electron chi connectivity index (χ0n) is 12.8. The van der Waals surface area contributed by atoms with E-state index in [4.69, 9.17) is 0 Å². The molecule has 1 unspecified atom stereocenters. The molecule has 22 heavy (non-hydrogen) atoms. The van der Waals surface area contributed by atoms with E-state index in [2.05, 4.69) is 14.9 Å². The van der Waals surface area contributed by atoms with Crippen molar-refractivity contribution in [2.75, 3.05) is 26.7 Å². The number of halogens is 2. The van der Waals surface area contributed by atoms with E-state index < -0.39 is 5.92 Å². The first-order valence-corrected chi connectivity index (χ1v) is 7.82. The molecule has 0 radical (unpaired) electrons. The minimum Gasteiger partial charge on any atom is -0.347 e. The van der Waals surface area contributed by atoms with E-state index in [1.165, 1.54) is 0 Å². The summed E-state index contributed by atoms with van der Waals surface area (Å²) in [5.74, 6) is -1.97. The second-order valence-electron chi connectivity index (χ2n) is 6.39. The molecule has 3 rings (SSSR count). The molecule has 1 atom stereocenters. The first kappa shape index (κ1) is 15.4. The Kier molecular flexibility index (Phi) is 4.16. The van der Waals surface area contributed by atoms with Crippen molar-refractivity contribution in [2.45, 2.75) is 37.6 Å². The first-order chi connectivity index (χ1) is 10.5. The van der Waals surface area contributed by atoms with Crippen LogP contribution in [0.3, 0.4) is 0 Å². The third-order valence-electron chi connectivity index (χ3n) is 4.86. The van der Waals surface area contributed by atoms with Crippen LogP contribution in [0, 0.1) is 5.92 Å². The summed E-state index contributed by atoms with van der Waals surface area (Å²) >= 11 is 0. The number of aromatic amines is 1. The number of amides is 1. The highest BCUT2D eigenvalue weighted by atomic mass is 19.3. The van der Waals surface area contributed by atoms with Gasteiger partial charge in [-0.3, -0.25) is 9.69 Å². The summed E-state index contributed by atoms with van der Waals surface area (Å²) in [6.45, 7) is 1.98. The third-order valence-corrected chi connectivity index (χ3v) is 4.86. The van der Waals surface area contributed by atoms with Gasteiger partial charge in [0.2, 0.25) is 11.8 Å². The van der Waals surface area contributed by atoms with Gasteiger partial charge in [-0.25, -0.2) is 13.8 Å². The number of imidazole rings is 1. The number of carbonyl (C=O) groups excluding carboxylic acids is 1. The average Bonchev–Trinajstić information content (AvgIpc) is 3.01. The summed E-state index contributed by atoms with van der Waals surface area (Å²) in [6, 6.07) is 0.0396. The van der Waals surface area contributed by atoms with E-state index in [1.54, 1.807) is 12.4 Å². The van der Waals surface area contributed by atoms with E-state index in [0.29, 0.717) is 25.9 Å². The molecule has 122 valence electrons. The van der Waals surface area contributed by atoms with Crippen LogP contribution in [0.4, 0.5) is 8.78 Å². The van der Waals surface area contributed by atoms with Gasteiger partial charge < -0.3 is 9.88 Å². The molecule has 1 saturated carbocycles. The second-order valence-corrected chi connectivity index (χ2v) is 6.39. The summed E-state index contributed by atoms with van der Waals surface area (Å²) in [5.41, 5.74) is 0. The standard InChI is InChI=1S/C15H22F2N4O/c1-20-8-9-21(10-12(20)13-18-6-7-19-13)14(22)11-2-4-15(16,17)5-3-11/h6-7,11-12H,2-5,8-10H2,1H3,(H,18,19). The summed E-state index contributed by atoms with van der Waals surface area (Å²) in [7, 11) is 2.01. The average molecular weight is 312 g/mol. The van der Waals surface area contributed by atoms with Gasteiger partial charge in [0.05, 0.1) is 6.04 Å². The number of piperazine rings is 1. The summed E-state index contributed by atoms with van der Waals surface area (Å²) in [4.78, 5) is 24.0. The Morgan fingerprint density at radius 3 is 2.73 bits per heavy atom. The predicted octanol–water partition coefficient (Wildman–Crippen LogP) is 2.05. The van der Waals surface area contributed by atoms with Crippen LogP contribution in [-0.4, -0.2) is 58.3 Å². The number of likely N-dealkylation sites (N-methyl/N-ethyl adjacent to an activating group) is 1. The van der Waals surface area contributed by atoms with E-state index >= 15 is 0 Å². The number of hydrogen-bond donors (Lipinski definition) is 1. The van der Waals surface area contributed by atoms with Crippen molar-refractivity contribution in [1.82, 2.24) is 19.8 Å². The topological polar surface area (TPSA) is 52.2 Å². The van der Waals surface area contributed by atoms with Crippen molar-refractivity contribution in [1.29, 1.82) is 0 Å². The molecule has 1 amide bonds. The van der Waals surface area contributed by atoms with Gasteiger partial charge in [0, 0.05) is 50.8 Å². The third kappa shape index (κ3) is 3.14. The highest BCUT2D eigenvalue weighted by Gasteiger charge is 2.40. The fraction of sp³-hybridized carbons (Fsp3) is 0.733. The predicted molar refractivity (Wildman–Crippen MR) is 77.4 cm³/mol. The quantitative estimate of drug-likeness (QED) is 0.909. The molecular formula is C15H22F2N4O. The maximum absolute atomic E-state index is 13.2. The molecule has 0 bridgehead atoms. The minimum atomic E-state index is -2.59. The molecule has 2 fully saturated rings. The van der Waals surface area contributed by atoms with E-state index in [1.807, 2.05) is 11.9 Å². The number of aromatic nitrogens is 2. The maximum atomic E-state index is 13.2. The van der Waals surface area contributed by atoms with Crippen molar-refractivity contribution < 1.29 is 13.6 Å². The smallest absolute Gasteiger partial charge is 0.248 e. The van der Waals surface area contributed by atoms with Gasteiger partial charge >= 0.3 is 0 Å². The lowest BCUT2D eigenvalue weighted by atomic mass is 9.85. The summed E-state index contributed by atoms with van der Waals surface area (Å²) < 4.78 is 26.5. The van der Waals surface area contributed by atoms with Crippen molar-refractivity contribution >= 4 is 5.91 Å². The van der Waals surface area contributed by atoms with Gasteiger partial charge in [-0.05, 0) is 19.9 Å². The highest BCUT2D eigenvalue weighted by Crippen LogP contribution is 2.37. The SMILES string of the molecule is CN1CCN(C(=O)C2CCC(F)(F)CC2)CC1c1ncc[nH]1. The van der Waals surface area contributed by atoms with Crippen molar-refractivity contribution in [3.63, 3.8) is 0 Å². The Morgan fingerprint density at radius 2 is 2.09 bits per heavy atom. The summed E-state index contributed by atoms with van der Waals surface area (Å²) in [5, 5.41) is 0. The van der Waals surface area contributed by atoms with Gasteiger partial charge in [0.25, 0.3) is 0 Å². The van der Waals surface area contributed by atoms with Crippen molar-refractivity contribution in [3.05, 3.63) is 18.2 Å². The van der Waals surface area contributed by atoms with Crippen molar-refractivity contribution in [3.8, 4) is 0 Å². The number of rotatable bonds is 2. The molecule has 2 heterocycles. The van der Waals surface area contributed by atoms with Crippen LogP contribution >= 0.6 is 0 Å². The Hall–Kier alpha value is -1.50. The number of H-pyrrole nitrogens is 1. The van der Waals surface area contributed by atoms with Gasteiger partial charge in [-0.15, -0.1) is 0 Å². The molecule has 1 aromatic rings. The number of hydrogen-bond acceptors (Lipinski definition) is 3. The Balaban J connectivity index is 1.64. The monoisotopic (exact) mass is 312 g/mol. The minimum absolute atomic E-state index is 0.0279. The van der Waals surface area contributed by atoms with Gasteiger partial charge in [-0.2, -0.15) is 0 Å². The van der Waals surface area contributed by atoms with Gasteiger partial charge in [0.1, 0.15) is 5.82 Å².